The summed E-state index contributed by atoms with van der Waals surface area (Å²) in [5.74, 6) is -1.88. The molecular weight excluding hydrogens is 366 g/mol. The third-order valence-electron chi connectivity index (χ3n) is 4.12. The van der Waals surface area contributed by atoms with Crippen molar-refractivity contribution in [2.24, 2.45) is 0 Å². The summed E-state index contributed by atoms with van der Waals surface area (Å²) in [5.41, 5.74) is -0.316. The average Bonchev–Trinajstić information content (AvgIpc) is 3.37. The van der Waals surface area contributed by atoms with E-state index in [-0.39, 0.29) is 22.8 Å². The van der Waals surface area contributed by atoms with Gasteiger partial charge in [-0.05, 0) is 18.6 Å². The first kappa shape index (κ1) is 18.8. The van der Waals surface area contributed by atoms with Crippen molar-refractivity contribution in [3.05, 3.63) is 58.9 Å². The molecule has 0 aliphatic carbocycles. The second-order valence-corrected chi connectivity index (χ2v) is 5.97. The third kappa shape index (κ3) is 4.06. The number of hydrogen-bond acceptors (Lipinski definition) is 5. The zero-order valence-corrected chi connectivity index (χ0v) is 14.6. The van der Waals surface area contributed by atoms with Crippen LogP contribution in [-0.4, -0.2) is 43.9 Å². The number of aromatic carboxylic acids is 1. The molecule has 1 atom stereocenters. The van der Waals surface area contributed by atoms with Crippen LogP contribution in [0.5, 0.6) is 0 Å². The Kier molecular flexibility index (Phi) is 5.49. The molecule has 1 aliphatic heterocycles. The van der Waals surface area contributed by atoms with Gasteiger partial charge in [0.1, 0.15) is 11.6 Å². The first-order chi connectivity index (χ1) is 13.5. The molecule has 1 saturated heterocycles. The fourth-order valence-electron chi connectivity index (χ4n) is 2.76. The molecule has 1 unspecified atom stereocenters. The van der Waals surface area contributed by atoms with E-state index in [4.69, 9.17) is 5.11 Å². The molecule has 10 heteroatoms. The van der Waals surface area contributed by atoms with E-state index >= 15 is 0 Å². The van der Waals surface area contributed by atoms with Crippen LogP contribution in [0.25, 0.3) is 10.9 Å². The SMILES string of the molecule is O=C1CCC(C(=O)Nc2cccc3c(=O)c(C(=O)O)c[nH]c23)N1.c1c[nH]cn1. The number of anilines is 1. The van der Waals surface area contributed by atoms with E-state index in [1.807, 2.05) is 0 Å². The van der Waals surface area contributed by atoms with Crippen LogP contribution in [0.1, 0.15) is 23.2 Å². The molecule has 1 aliphatic rings. The number of nitrogens with zero attached hydrogens (tertiary/aromatic N) is 1. The molecule has 28 heavy (non-hydrogen) atoms. The number of carbonyl (C=O) groups is 3. The molecule has 2 aromatic heterocycles. The van der Waals surface area contributed by atoms with Crippen LogP contribution in [0.4, 0.5) is 5.69 Å². The second-order valence-electron chi connectivity index (χ2n) is 5.97. The molecule has 4 rings (SSSR count). The molecule has 0 radical (unpaired) electrons. The van der Waals surface area contributed by atoms with Crippen molar-refractivity contribution in [3.63, 3.8) is 0 Å². The van der Waals surface area contributed by atoms with Crippen LogP contribution in [0, 0.1) is 0 Å². The largest absolute Gasteiger partial charge is 0.477 e. The number of H-pyrrole nitrogens is 2. The van der Waals surface area contributed by atoms with E-state index in [0.717, 1.165) is 6.20 Å². The summed E-state index contributed by atoms with van der Waals surface area (Å²) in [5, 5.41) is 14.4. The molecule has 0 bridgehead atoms. The monoisotopic (exact) mass is 383 g/mol. The first-order valence-corrected chi connectivity index (χ1v) is 8.38. The van der Waals surface area contributed by atoms with E-state index in [9.17, 15) is 19.2 Å². The normalized spacial score (nSPS) is 15.4. The van der Waals surface area contributed by atoms with Crippen molar-refractivity contribution >= 4 is 34.4 Å². The smallest absolute Gasteiger partial charge is 0.341 e. The number of benzene rings is 1. The number of hydrogen-bond donors (Lipinski definition) is 5. The number of carbonyl (C=O) groups excluding carboxylic acids is 2. The highest BCUT2D eigenvalue weighted by Gasteiger charge is 2.27. The Balaban J connectivity index is 0.000000391. The van der Waals surface area contributed by atoms with E-state index in [1.54, 1.807) is 30.9 Å². The van der Waals surface area contributed by atoms with Gasteiger partial charge in [-0.25, -0.2) is 9.78 Å². The van der Waals surface area contributed by atoms with E-state index in [0.29, 0.717) is 24.0 Å². The number of pyridine rings is 1. The van der Waals surface area contributed by atoms with Gasteiger partial charge >= 0.3 is 5.97 Å². The van der Waals surface area contributed by atoms with Gasteiger partial charge in [-0.2, -0.15) is 0 Å². The quantitative estimate of drug-likeness (QED) is 0.451. The summed E-state index contributed by atoms with van der Waals surface area (Å²) in [4.78, 5) is 55.6. The molecule has 3 heterocycles. The number of amides is 2. The maximum absolute atomic E-state index is 12.2. The lowest BCUT2D eigenvalue weighted by molar-refractivity contribution is -0.122. The number of aromatic nitrogens is 3. The lowest BCUT2D eigenvalue weighted by Crippen LogP contribution is -2.37. The van der Waals surface area contributed by atoms with Gasteiger partial charge in [-0.15, -0.1) is 0 Å². The number of para-hydroxylation sites is 1. The number of rotatable bonds is 3. The summed E-state index contributed by atoms with van der Waals surface area (Å²) in [6.07, 6.45) is 6.89. The standard InChI is InChI=1S/C15H13N3O5.C3H4N2/c19-11-5-4-10(17-11)14(21)18-9-3-1-2-7-12(9)16-6-8(13(7)20)15(22)23;1-2-5-3-4-1/h1-3,6,10H,4-5H2,(H,16,20)(H,17,19)(H,18,21)(H,22,23);1-3H,(H,4,5). The predicted octanol–water partition coefficient (Wildman–Crippen LogP) is 0.853. The molecule has 0 spiro atoms. The van der Waals surface area contributed by atoms with Crippen molar-refractivity contribution in [3.8, 4) is 0 Å². The molecule has 144 valence electrons. The second kappa shape index (κ2) is 8.16. The predicted molar refractivity (Wildman–Crippen MR) is 99.9 cm³/mol. The highest BCUT2D eigenvalue weighted by Crippen LogP contribution is 2.20. The Morgan fingerprint density at radius 1 is 1.25 bits per heavy atom. The lowest BCUT2D eigenvalue weighted by atomic mass is 10.1. The fraction of sp³-hybridized carbons (Fsp3) is 0.167. The number of carboxylic acid groups (broad SMARTS) is 1. The molecule has 5 N–H and O–H groups in total. The van der Waals surface area contributed by atoms with Crippen LogP contribution in [0.2, 0.25) is 0 Å². The van der Waals surface area contributed by atoms with Gasteiger partial charge in [0.15, 0.2) is 0 Å². The number of nitrogens with one attached hydrogen (secondary N) is 4. The van der Waals surface area contributed by atoms with Gasteiger partial charge in [-0.1, -0.05) is 6.07 Å². The zero-order chi connectivity index (χ0) is 20.1. The minimum Gasteiger partial charge on any atom is -0.477 e. The topological polar surface area (TPSA) is 157 Å². The number of fused-ring (bicyclic) bond motifs is 1. The van der Waals surface area contributed by atoms with Crippen molar-refractivity contribution < 1.29 is 19.5 Å². The summed E-state index contributed by atoms with van der Waals surface area (Å²) >= 11 is 0. The van der Waals surface area contributed by atoms with Gasteiger partial charge in [-0.3, -0.25) is 14.4 Å². The van der Waals surface area contributed by atoms with Gasteiger partial charge in [0.2, 0.25) is 17.2 Å². The minimum absolute atomic E-state index is 0.165. The van der Waals surface area contributed by atoms with E-state index < -0.39 is 17.4 Å². The lowest BCUT2D eigenvalue weighted by Gasteiger charge is -2.12. The molecule has 2 amide bonds. The Labute approximate surface area is 158 Å². The summed E-state index contributed by atoms with van der Waals surface area (Å²) in [6.45, 7) is 0. The summed E-state index contributed by atoms with van der Waals surface area (Å²) in [6, 6.07) is 4.01. The Morgan fingerprint density at radius 2 is 2.07 bits per heavy atom. The molecule has 0 saturated carbocycles. The summed E-state index contributed by atoms with van der Waals surface area (Å²) in [7, 11) is 0. The Morgan fingerprint density at radius 3 is 2.64 bits per heavy atom. The maximum atomic E-state index is 12.2. The molecule has 1 aromatic carbocycles. The number of imidazole rings is 1. The highest BCUT2D eigenvalue weighted by atomic mass is 16.4. The van der Waals surface area contributed by atoms with Crippen molar-refractivity contribution in [1.29, 1.82) is 0 Å². The Hall–Kier alpha value is -3.95. The third-order valence-corrected chi connectivity index (χ3v) is 4.12. The van der Waals surface area contributed by atoms with Crippen molar-refractivity contribution in [2.45, 2.75) is 18.9 Å². The van der Waals surface area contributed by atoms with Crippen LogP contribution in [0.3, 0.4) is 0 Å². The average molecular weight is 383 g/mol. The minimum atomic E-state index is -1.32. The van der Waals surface area contributed by atoms with E-state index in [2.05, 4.69) is 25.6 Å². The van der Waals surface area contributed by atoms with Gasteiger partial charge in [0.05, 0.1) is 17.5 Å². The number of carboxylic acids is 1. The van der Waals surface area contributed by atoms with Crippen LogP contribution < -0.4 is 16.1 Å². The van der Waals surface area contributed by atoms with Crippen LogP contribution >= 0.6 is 0 Å². The highest BCUT2D eigenvalue weighted by molar-refractivity contribution is 6.05. The van der Waals surface area contributed by atoms with E-state index in [1.165, 1.54) is 6.07 Å². The summed E-state index contributed by atoms with van der Waals surface area (Å²) < 4.78 is 0. The fourth-order valence-corrected chi connectivity index (χ4v) is 2.76. The van der Waals surface area contributed by atoms with Crippen molar-refractivity contribution in [2.75, 3.05) is 5.32 Å². The number of aromatic amines is 2. The van der Waals surface area contributed by atoms with Crippen molar-refractivity contribution in [1.82, 2.24) is 20.3 Å². The molecule has 10 nitrogen and oxygen atoms in total. The zero-order valence-electron chi connectivity index (χ0n) is 14.6. The first-order valence-electron chi connectivity index (χ1n) is 8.38. The van der Waals surface area contributed by atoms with Crippen LogP contribution in [0.15, 0.2) is 47.9 Å². The van der Waals surface area contributed by atoms with Crippen LogP contribution in [-0.2, 0) is 9.59 Å². The van der Waals surface area contributed by atoms with Gasteiger partial charge in [0.25, 0.3) is 0 Å². The van der Waals surface area contributed by atoms with Gasteiger partial charge in [0, 0.05) is 30.4 Å². The molecule has 3 aromatic rings. The molecular formula is C18H17N5O5. The van der Waals surface area contributed by atoms with Gasteiger partial charge < -0.3 is 25.7 Å². The maximum Gasteiger partial charge on any atom is 0.341 e. The molecule has 1 fully saturated rings. The Bertz CT molecular complexity index is 1060.